The molecule has 0 bridgehead atoms. The Morgan fingerprint density at radius 2 is 1.76 bits per heavy atom. The standard InChI is InChI=1S/C15H25N3OS.HI/c1-12-9-13(2)11-14(10-12)19-7-5-17-15(16-3)18-6-8-20-4;/h9-11H,5-8H2,1-4H3,(H2,16,17,18);1H. The SMILES string of the molecule is CN=C(NCCOc1cc(C)cc(C)c1)NCCSC.I. The number of nitrogens with zero attached hydrogens (tertiary/aromatic N) is 1. The summed E-state index contributed by atoms with van der Waals surface area (Å²) in [6, 6.07) is 6.25. The number of guanidine groups is 1. The molecule has 2 N–H and O–H groups in total. The van der Waals surface area contributed by atoms with Crippen molar-refractivity contribution in [1.29, 1.82) is 0 Å². The minimum atomic E-state index is 0. The second-order valence-corrected chi connectivity index (χ2v) is 5.58. The van der Waals surface area contributed by atoms with Crippen LogP contribution < -0.4 is 15.4 Å². The molecule has 6 heteroatoms. The fraction of sp³-hybridized carbons (Fsp3) is 0.533. The van der Waals surface area contributed by atoms with Crippen LogP contribution in [0.2, 0.25) is 0 Å². The number of hydrogen-bond acceptors (Lipinski definition) is 3. The second-order valence-electron chi connectivity index (χ2n) is 4.59. The molecule has 0 spiro atoms. The van der Waals surface area contributed by atoms with Gasteiger partial charge < -0.3 is 15.4 Å². The average molecular weight is 423 g/mol. The fourth-order valence-electron chi connectivity index (χ4n) is 1.85. The van der Waals surface area contributed by atoms with Gasteiger partial charge in [0, 0.05) is 19.3 Å². The Balaban J connectivity index is 0.00000400. The first kappa shape index (κ1) is 20.4. The zero-order valence-corrected chi connectivity index (χ0v) is 16.4. The summed E-state index contributed by atoms with van der Waals surface area (Å²) in [5.74, 6) is 2.82. The molecule has 21 heavy (non-hydrogen) atoms. The molecule has 0 heterocycles. The first-order valence-corrected chi connectivity index (χ1v) is 8.19. The monoisotopic (exact) mass is 423 g/mol. The van der Waals surface area contributed by atoms with Crippen molar-refractivity contribution in [1.82, 2.24) is 10.6 Å². The fourth-order valence-corrected chi connectivity index (χ4v) is 2.15. The zero-order valence-electron chi connectivity index (χ0n) is 13.2. The van der Waals surface area contributed by atoms with Crippen molar-refractivity contribution in [3.05, 3.63) is 29.3 Å². The normalized spacial score (nSPS) is 10.8. The highest BCUT2D eigenvalue weighted by Crippen LogP contribution is 2.15. The number of nitrogens with one attached hydrogen (secondary N) is 2. The highest BCUT2D eigenvalue weighted by molar-refractivity contribution is 14.0. The van der Waals surface area contributed by atoms with Crippen LogP contribution >= 0.6 is 35.7 Å². The van der Waals surface area contributed by atoms with Gasteiger partial charge in [-0.2, -0.15) is 11.8 Å². The largest absolute Gasteiger partial charge is 0.492 e. The zero-order chi connectivity index (χ0) is 14.8. The molecule has 0 radical (unpaired) electrons. The van der Waals surface area contributed by atoms with Crippen LogP contribution in [0.5, 0.6) is 5.75 Å². The van der Waals surface area contributed by atoms with Crippen LogP contribution in [-0.4, -0.2) is 44.7 Å². The van der Waals surface area contributed by atoms with Gasteiger partial charge >= 0.3 is 0 Å². The van der Waals surface area contributed by atoms with E-state index in [1.165, 1.54) is 11.1 Å². The predicted molar refractivity (Wildman–Crippen MR) is 105 cm³/mol. The molecular weight excluding hydrogens is 397 g/mol. The van der Waals surface area contributed by atoms with E-state index in [1.54, 1.807) is 7.05 Å². The van der Waals surface area contributed by atoms with E-state index in [0.717, 1.165) is 30.6 Å². The molecule has 0 saturated carbocycles. The summed E-state index contributed by atoms with van der Waals surface area (Å²) in [5.41, 5.74) is 2.45. The van der Waals surface area contributed by atoms with Gasteiger partial charge in [-0.05, 0) is 43.4 Å². The lowest BCUT2D eigenvalue weighted by Gasteiger charge is -2.12. The molecule has 1 aromatic rings. The van der Waals surface area contributed by atoms with Gasteiger partial charge in [0.2, 0.25) is 0 Å². The number of benzene rings is 1. The van der Waals surface area contributed by atoms with E-state index in [1.807, 2.05) is 11.8 Å². The van der Waals surface area contributed by atoms with Crippen molar-refractivity contribution in [2.24, 2.45) is 4.99 Å². The number of ether oxygens (including phenoxy) is 1. The lowest BCUT2D eigenvalue weighted by Crippen LogP contribution is -2.40. The maximum absolute atomic E-state index is 5.74. The third-order valence-corrected chi connectivity index (χ3v) is 3.29. The molecule has 0 saturated heterocycles. The van der Waals surface area contributed by atoms with Crippen LogP contribution in [0.3, 0.4) is 0 Å². The molecular formula is C15H26IN3OS. The van der Waals surface area contributed by atoms with Gasteiger partial charge in [-0.15, -0.1) is 24.0 Å². The van der Waals surface area contributed by atoms with E-state index in [-0.39, 0.29) is 24.0 Å². The maximum Gasteiger partial charge on any atom is 0.191 e. The predicted octanol–water partition coefficient (Wildman–Crippen LogP) is 2.83. The van der Waals surface area contributed by atoms with Gasteiger partial charge in [0.25, 0.3) is 0 Å². The highest BCUT2D eigenvalue weighted by Gasteiger charge is 1.98. The van der Waals surface area contributed by atoms with Crippen LogP contribution in [0.25, 0.3) is 0 Å². The Morgan fingerprint density at radius 1 is 1.14 bits per heavy atom. The second kappa shape index (κ2) is 12.0. The van der Waals surface area contributed by atoms with Crippen molar-refractivity contribution in [2.75, 3.05) is 38.8 Å². The van der Waals surface area contributed by atoms with Gasteiger partial charge in [0.05, 0.1) is 6.54 Å². The van der Waals surface area contributed by atoms with E-state index in [9.17, 15) is 0 Å². The molecule has 0 amide bonds. The summed E-state index contributed by atoms with van der Waals surface area (Å²) < 4.78 is 5.74. The van der Waals surface area contributed by atoms with Crippen LogP contribution in [0, 0.1) is 13.8 Å². The van der Waals surface area contributed by atoms with Crippen LogP contribution in [0.1, 0.15) is 11.1 Å². The van der Waals surface area contributed by atoms with E-state index < -0.39 is 0 Å². The summed E-state index contributed by atoms with van der Waals surface area (Å²) in [7, 11) is 1.78. The molecule has 0 aromatic heterocycles. The van der Waals surface area contributed by atoms with Crippen LogP contribution in [0.4, 0.5) is 0 Å². The minimum Gasteiger partial charge on any atom is -0.492 e. The highest BCUT2D eigenvalue weighted by atomic mass is 127. The maximum atomic E-state index is 5.74. The third-order valence-electron chi connectivity index (χ3n) is 2.68. The minimum absolute atomic E-state index is 0. The summed E-state index contributed by atoms with van der Waals surface area (Å²) >= 11 is 1.81. The molecule has 120 valence electrons. The first-order chi connectivity index (χ1) is 9.65. The Bertz CT molecular complexity index is 421. The smallest absolute Gasteiger partial charge is 0.191 e. The third kappa shape index (κ3) is 9.08. The van der Waals surface area contributed by atoms with Crippen molar-refractivity contribution in [3.63, 3.8) is 0 Å². The molecule has 1 rings (SSSR count). The van der Waals surface area contributed by atoms with Crippen molar-refractivity contribution in [3.8, 4) is 5.75 Å². The molecule has 0 atom stereocenters. The number of hydrogen-bond donors (Lipinski definition) is 2. The molecule has 4 nitrogen and oxygen atoms in total. The Hall–Kier alpha value is -0.630. The van der Waals surface area contributed by atoms with Crippen LogP contribution in [0.15, 0.2) is 23.2 Å². The average Bonchev–Trinajstić information content (AvgIpc) is 2.40. The van der Waals surface area contributed by atoms with E-state index in [4.69, 9.17) is 4.74 Å². The summed E-state index contributed by atoms with van der Waals surface area (Å²) in [6.07, 6.45) is 2.09. The van der Waals surface area contributed by atoms with Gasteiger partial charge in [-0.25, -0.2) is 0 Å². The Morgan fingerprint density at radius 3 is 2.33 bits per heavy atom. The number of aryl methyl sites for hydroxylation is 2. The lowest BCUT2D eigenvalue weighted by molar-refractivity contribution is 0.321. The summed E-state index contributed by atoms with van der Waals surface area (Å²) in [5, 5.41) is 6.48. The number of aliphatic imine (C=N–C) groups is 1. The topological polar surface area (TPSA) is 45.7 Å². The first-order valence-electron chi connectivity index (χ1n) is 6.80. The van der Waals surface area contributed by atoms with Gasteiger partial charge in [-0.1, -0.05) is 6.07 Å². The summed E-state index contributed by atoms with van der Waals surface area (Å²) in [6.45, 7) is 6.42. The van der Waals surface area contributed by atoms with E-state index in [0.29, 0.717) is 6.61 Å². The van der Waals surface area contributed by atoms with E-state index >= 15 is 0 Å². The Labute approximate surface area is 149 Å². The molecule has 0 unspecified atom stereocenters. The molecule has 1 aromatic carbocycles. The van der Waals surface area contributed by atoms with E-state index in [2.05, 4.69) is 53.9 Å². The quantitative estimate of drug-likeness (QED) is 0.307. The van der Waals surface area contributed by atoms with Crippen molar-refractivity contribution in [2.45, 2.75) is 13.8 Å². The number of thioether (sulfide) groups is 1. The summed E-state index contributed by atoms with van der Waals surface area (Å²) in [4.78, 5) is 4.16. The molecule has 0 aliphatic carbocycles. The van der Waals surface area contributed by atoms with Gasteiger partial charge in [0.15, 0.2) is 5.96 Å². The Kier molecular flexibility index (Phi) is 11.6. The lowest BCUT2D eigenvalue weighted by atomic mass is 10.1. The number of rotatable bonds is 7. The molecule has 0 fully saturated rings. The van der Waals surface area contributed by atoms with Gasteiger partial charge in [0.1, 0.15) is 12.4 Å². The molecule has 0 aliphatic heterocycles. The van der Waals surface area contributed by atoms with Crippen LogP contribution in [-0.2, 0) is 0 Å². The molecule has 0 aliphatic rings. The van der Waals surface area contributed by atoms with Gasteiger partial charge in [-0.3, -0.25) is 4.99 Å². The number of halogens is 1. The van der Waals surface area contributed by atoms with Crippen molar-refractivity contribution >= 4 is 41.7 Å². The van der Waals surface area contributed by atoms with Crippen molar-refractivity contribution < 1.29 is 4.74 Å².